The van der Waals surface area contributed by atoms with Crippen molar-refractivity contribution >= 4 is 7.60 Å². The lowest BCUT2D eigenvalue weighted by atomic mass is 10.1. The van der Waals surface area contributed by atoms with Crippen molar-refractivity contribution in [3.05, 3.63) is 0 Å². The zero-order chi connectivity index (χ0) is 13.0. The third-order valence-electron chi connectivity index (χ3n) is 2.84. The third kappa shape index (κ3) is 12.4. The molecule has 0 aromatic heterocycles. The molecule has 0 saturated carbocycles. The van der Waals surface area contributed by atoms with Gasteiger partial charge in [0.15, 0.2) is 0 Å². The molecule has 1 N–H and O–H groups in total. The van der Waals surface area contributed by atoms with Gasteiger partial charge in [-0.05, 0) is 12.8 Å². The smallest absolute Gasteiger partial charge is 0.324 e. The molecule has 0 amide bonds. The highest BCUT2D eigenvalue weighted by Crippen LogP contribution is 2.42. The highest BCUT2D eigenvalue weighted by Gasteiger charge is 2.17. The highest BCUT2D eigenvalue weighted by molar-refractivity contribution is 7.52. The number of rotatable bonds is 12. The van der Waals surface area contributed by atoms with Crippen LogP contribution in [0.5, 0.6) is 0 Å². The maximum absolute atomic E-state index is 11.6. The topological polar surface area (TPSA) is 46.5 Å². The maximum atomic E-state index is 11.6. The second kappa shape index (κ2) is 11.3. The highest BCUT2D eigenvalue weighted by atomic mass is 31.2. The van der Waals surface area contributed by atoms with Crippen LogP contribution >= 0.6 is 7.60 Å². The first-order valence-corrected chi connectivity index (χ1v) is 8.85. The lowest BCUT2D eigenvalue weighted by Gasteiger charge is -2.11. The monoisotopic (exact) mass is 264 g/mol. The van der Waals surface area contributed by atoms with Crippen LogP contribution in [-0.4, -0.2) is 17.7 Å². The van der Waals surface area contributed by atoms with E-state index in [0.29, 0.717) is 12.8 Å². The molecule has 1 unspecified atom stereocenters. The molecule has 0 saturated heterocycles. The van der Waals surface area contributed by atoms with Gasteiger partial charge in [0.05, 0.1) is 6.61 Å². The first-order chi connectivity index (χ1) is 8.12. The molecule has 0 aliphatic heterocycles. The van der Waals surface area contributed by atoms with Crippen LogP contribution < -0.4 is 0 Å². The van der Waals surface area contributed by atoms with Gasteiger partial charge >= 0.3 is 7.60 Å². The largest absolute Gasteiger partial charge is 0.328 e. The summed E-state index contributed by atoms with van der Waals surface area (Å²) in [6.07, 6.45) is 10.3. The number of unbranched alkanes of at least 4 members (excludes halogenated alkanes) is 7. The summed E-state index contributed by atoms with van der Waals surface area (Å²) in [5.74, 6) is 0. The van der Waals surface area contributed by atoms with Gasteiger partial charge in [-0.2, -0.15) is 0 Å². The van der Waals surface area contributed by atoms with E-state index in [1.54, 1.807) is 0 Å². The quantitative estimate of drug-likeness (QED) is 0.409. The molecule has 0 radical (unpaired) electrons. The molecule has 104 valence electrons. The first-order valence-electron chi connectivity index (χ1n) is 7.08. The van der Waals surface area contributed by atoms with Gasteiger partial charge < -0.3 is 9.42 Å². The van der Waals surface area contributed by atoms with Crippen LogP contribution in [-0.2, 0) is 9.09 Å². The van der Waals surface area contributed by atoms with E-state index < -0.39 is 7.60 Å². The second-order valence-electron chi connectivity index (χ2n) is 4.67. The van der Waals surface area contributed by atoms with Gasteiger partial charge in [0, 0.05) is 6.16 Å². The minimum absolute atomic E-state index is 0.324. The molecule has 4 heteroatoms. The Bertz CT molecular complexity index is 207. The summed E-state index contributed by atoms with van der Waals surface area (Å²) in [5.41, 5.74) is 0. The van der Waals surface area contributed by atoms with E-state index >= 15 is 0 Å². The Hall–Kier alpha value is 0.150. The third-order valence-corrected chi connectivity index (χ3v) is 4.30. The molecule has 1 atom stereocenters. The van der Waals surface area contributed by atoms with E-state index in [1.807, 2.05) is 6.92 Å². The first kappa shape index (κ1) is 17.2. The molecular weight excluding hydrogens is 235 g/mol. The maximum Gasteiger partial charge on any atom is 0.328 e. The number of hydrogen-bond acceptors (Lipinski definition) is 2. The van der Waals surface area contributed by atoms with Crippen molar-refractivity contribution in [3.8, 4) is 0 Å². The van der Waals surface area contributed by atoms with E-state index in [-0.39, 0.29) is 0 Å². The van der Waals surface area contributed by atoms with Crippen molar-refractivity contribution < 1.29 is 14.0 Å². The fraction of sp³-hybridized carbons (Fsp3) is 1.00. The van der Waals surface area contributed by atoms with Crippen molar-refractivity contribution in [2.75, 3.05) is 12.8 Å². The molecule has 0 aliphatic carbocycles. The van der Waals surface area contributed by atoms with Gasteiger partial charge in [0.25, 0.3) is 0 Å². The van der Waals surface area contributed by atoms with Crippen LogP contribution in [0.2, 0.25) is 0 Å². The van der Waals surface area contributed by atoms with Crippen molar-refractivity contribution in [3.63, 3.8) is 0 Å². The van der Waals surface area contributed by atoms with Gasteiger partial charge in [-0.15, -0.1) is 0 Å². The minimum atomic E-state index is -3.28. The van der Waals surface area contributed by atoms with E-state index in [0.717, 1.165) is 25.7 Å². The summed E-state index contributed by atoms with van der Waals surface area (Å²) in [5, 5.41) is 0. The van der Waals surface area contributed by atoms with Crippen LogP contribution in [0.25, 0.3) is 0 Å². The fourth-order valence-electron chi connectivity index (χ4n) is 1.68. The Labute approximate surface area is 106 Å². The predicted octanol–water partition coefficient (Wildman–Crippen LogP) is 4.74. The molecule has 17 heavy (non-hydrogen) atoms. The van der Waals surface area contributed by atoms with Crippen LogP contribution in [0.4, 0.5) is 0 Å². The minimum Gasteiger partial charge on any atom is -0.324 e. The van der Waals surface area contributed by atoms with E-state index in [1.165, 1.54) is 32.1 Å². The summed E-state index contributed by atoms with van der Waals surface area (Å²) in [6, 6.07) is 0. The Morgan fingerprint density at radius 2 is 1.41 bits per heavy atom. The summed E-state index contributed by atoms with van der Waals surface area (Å²) in [7, 11) is -3.28. The Morgan fingerprint density at radius 3 is 2.00 bits per heavy atom. The molecule has 0 rings (SSSR count). The zero-order valence-electron chi connectivity index (χ0n) is 11.5. The van der Waals surface area contributed by atoms with Gasteiger partial charge in [-0.3, -0.25) is 4.57 Å². The summed E-state index contributed by atoms with van der Waals surface area (Å²) < 4.78 is 16.6. The van der Waals surface area contributed by atoms with Crippen LogP contribution in [0.15, 0.2) is 0 Å². The van der Waals surface area contributed by atoms with E-state index in [2.05, 4.69) is 6.92 Å². The van der Waals surface area contributed by atoms with Crippen molar-refractivity contribution in [2.24, 2.45) is 0 Å². The molecule has 0 aromatic carbocycles. The lowest BCUT2D eigenvalue weighted by molar-refractivity contribution is 0.254. The lowest BCUT2D eigenvalue weighted by Crippen LogP contribution is -1.97. The van der Waals surface area contributed by atoms with Gasteiger partial charge in [0.2, 0.25) is 0 Å². The molecule has 0 heterocycles. The summed E-state index contributed by atoms with van der Waals surface area (Å²) in [6.45, 7) is 4.67. The van der Waals surface area contributed by atoms with Gasteiger partial charge in [0.1, 0.15) is 0 Å². The number of hydrogen-bond donors (Lipinski definition) is 1. The Kier molecular flexibility index (Phi) is 11.4. The zero-order valence-corrected chi connectivity index (χ0v) is 12.4. The van der Waals surface area contributed by atoms with Gasteiger partial charge in [-0.25, -0.2) is 0 Å². The molecule has 3 nitrogen and oxygen atoms in total. The van der Waals surface area contributed by atoms with Crippen molar-refractivity contribution in [2.45, 2.75) is 71.6 Å². The van der Waals surface area contributed by atoms with Gasteiger partial charge in [-0.1, -0.05) is 58.8 Å². The Balaban J connectivity index is 3.36. The van der Waals surface area contributed by atoms with Crippen molar-refractivity contribution in [1.82, 2.24) is 0 Å². The second-order valence-corrected chi connectivity index (χ2v) is 6.65. The average molecular weight is 264 g/mol. The fourth-order valence-corrected chi connectivity index (χ4v) is 2.85. The molecule has 0 fully saturated rings. The molecule has 0 bridgehead atoms. The van der Waals surface area contributed by atoms with E-state index in [4.69, 9.17) is 4.52 Å². The normalized spacial score (nSPS) is 14.8. The standard InChI is InChI=1S/C13H29O3P/c1-3-5-7-8-9-10-11-13-17(14,15)16-12-6-4-2/h3-13H2,1-2H3,(H,14,15). The molecule has 0 spiro atoms. The molecule has 0 aliphatic rings. The van der Waals surface area contributed by atoms with Crippen LogP contribution in [0.1, 0.15) is 71.6 Å². The molecular formula is C13H29O3P. The van der Waals surface area contributed by atoms with Crippen LogP contribution in [0, 0.1) is 0 Å². The SMILES string of the molecule is CCCCCCCCCP(=O)(O)OCCCC. The summed E-state index contributed by atoms with van der Waals surface area (Å²) in [4.78, 5) is 9.52. The Morgan fingerprint density at radius 1 is 0.882 bits per heavy atom. The molecule has 0 aromatic rings. The summed E-state index contributed by atoms with van der Waals surface area (Å²) >= 11 is 0. The van der Waals surface area contributed by atoms with Crippen molar-refractivity contribution in [1.29, 1.82) is 0 Å². The average Bonchev–Trinajstić information content (AvgIpc) is 2.28. The van der Waals surface area contributed by atoms with E-state index in [9.17, 15) is 9.46 Å². The van der Waals surface area contributed by atoms with Crippen LogP contribution in [0.3, 0.4) is 0 Å². The predicted molar refractivity (Wildman–Crippen MR) is 73.5 cm³/mol.